The van der Waals surface area contributed by atoms with Gasteiger partial charge in [-0.3, -0.25) is 4.98 Å². The van der Waals surface area contributed by atoms with E-state index in [4.69, 9.17) is 0 Å². The third-order valence-corrected chi connectivity index (χ3v) is 4.29. The highest BCUT2D eigenvalue weighted by molar-refractivity contribution is 7.89. The second-order valence-electron chi connectivity index (χ2n) is 4.48. The second-order valence-corrected chi connectivity index (χ2v) is 6.22. The third kappa shape index (κ3) is 4.07. The zero-order chi connectivity index (χ0) is 15.3. The minimum absolute atomic E-state index is 0.0634. The molecule has 0 saturated heterocycles. The number of nitrogens with one attached hydrogen (secondary N) is 2. The molecule has 21 heavy (non-hydrogen) atoms. The van der Waals surface area contributed by atoms with Gasteiger partial charge in [0.25, 0.3) is 0 Å². The molecule has 2 N–H and O–H groups in total. The first-order valence-corrected chi connectivity index (χ1v) is 7.83. The van der Waals surface area contributed by atoms with Gasteiger partial charge in [0.2, 0.25) is 10.0 Å². The number of sulfonamides is 1. The third-order valence-electron chi connectivity index (χ3n) is 2.86. The van der Waals surface area contributed by atoms with Crippen molar-refractivity contribution >= 4 is 10.0 Å². The molecule has 7 heteroatoms. The van der Waals surface area contributed by atoms with Crippen molar-refractivity contribution in [3.8, 4) is 0 Å². The molecule has 112 valence electrons. The summed E-state index contributed by atoms with van der Waals surface area (Å²) < 4.78 is 40.5. The molecule has 2 aromatic rings. The first-order valence-electron chi connectivity index (χ1n) is 6.34. The van der Waals surface area contributed by atoms with Crippen LogP contribution in [0.1, 0.15) is 11.1 Å². The van der Waals surface area contributed by atoms with E-state index in [9.17, 15) is 12.8 Å². The van der Waals surface area contributed by atoms with Gasteiger partial charge in [0, 0.05) is 25.5 Å². The average Bonchev–Trinajstić information content (AvgIpc) is 2.46. The molecule has 0 fully saturated rings. The minimum Gasteiger partial charge on any atom is -0.316 e. The Bertz CT molecular complexity index is 705. The van der Waals surface area contributed by atoms with Crippen LogP contribution >= 0.6 is 0 Å². The maximum absolute atomic E-state index is 13.9. The van der Waals surface area contributed by atoms with E-state index >= 15 is 0 Å². The largest absolute Gasteiger partial charge is 0.316 e. The summed E-state index contributed by atoms with van der Waals surface area (Å²) in [6, 6.07) is 7.51. The Morgan fingerprint density at radius 2 is 2.00 bits per heavy atom. The second kappa shape index (κ2) is 6.75. The average molecular weight is 309 g/mol. The van der Waals surface area contributed by atoms with E-state index < -0.39 is 15.8 Å². The van der Waals surface area contributed by atoms with Gasteiger partial charge in [-0.05, 0) is 36.4 Å². The van der Waals surface area contributed by atoms with Gasteiger partial charge in [-0.1, -0.05) is 12.1 Å². The summed E-state index contributed by atoms with van der Waals surface area (Å²) in [5, 5.41) is 2.88. The van der Waals surface area contributed by atoms with Crippen LogP contribution in [0.2, 0.25) is 0 Å². The minimum atomic E-state index is -3.89. The summed E-state index contributed by atoms with van der Waals surface area (Å²) in [7, 11) is -2.16. The molecule has 1 aromatic heterocycles. The molecule has 0 spiro atoms. The molecule has 5 nitrogen and oxygen atoms in total. The molecule has 0 atom stereocenters. The Balaban J connectivity index is 2.16. The lowest BCUT2D eigenvalue weighted by Gasteiger charge is -2.09. The fourth-order valence-electron chi connectivity index (χ4n) is 1.84. The van der Waals surface area contributed by atoms with Crippen LogP contribution in [0.15, 0.2) is 47.6 Å². The summed E-state index contributed by atoms with van der Waals surface area (Å²) >= 11 is 0. The van der Waals surface area contributed by atoms with Gasteiger partial charge in [0.05, 0.1) is 0 Å². The topological polar surface area (TPSA) is 71.1 Å². The van der Waals surface area contributed by atoms with E-state index in [0.717, 1.165) is 0 Å². The first-order chi connectivity index (χ1) is 10.0. The van der Waals surface area contributed by atoms with Crippen molar-refractivity contribution in [2.45, 2.75) is 18.0 Å². The lowest BCUT2D eigenvalue weighted by Crippen LogP contribution is -2.24. The summed E-state index contributed by atoms with van der Waals surface area (Å²) in [5.74, 6) is -0.763. The number of hydrogen-bond donors (Lipinski definition) is 2. The monoisotopic (exact) mass is 309 g/mol. The zero-order valence-electron chi connectivity index (χ0n) is 11.5. The smallest absolute Gasteiger partial charge is 0.243 e. The van der Waals surface area contributed by atoms with Crippen LogP contribution in [0.4, 0.5) is 4.39 Å². The molecule has 0 bridgehead atoms. The van der Waals surface area contributed by atoms with Crippen molar-refractivity contribution in [3.05, 3.63) is 59.7 Å². The molecular weight excluding hydrogens is 293 g/mol. The number of aromatic nitrogens is 1. The molecule has 0 aliphatic rings. The van der Waals surface area contributed by atoms with Crippen LogP contribution in [0.5, 0.6) is 0 Å². The van der Waals surface area contributed by atoms with E-state index in [1.807, 2.05) is 0 Å². The molecule has 0 unspecified atom stereocenters. The van der Waals surface area contributed by atoms with E-state index in [1.54, 1.807) is 37.6 Å². The maximum atomic E-state index is 13.9. The molecule has 1 heterocycles. The van der Waals surface area contributed by atoms with Crippen molar-refractivity contribution in [1.82, 2.24) is 15.0 Å². The van der Waals surface area contributed by atoms with E-state index in [2.05, 4.69) is 15.0 Å². The van der Waals surface area contributed by atoms with Gasteiger partial charge in [0.15, 0.2) is 0 Å². The van der Waals surface area contributed by atoms with Crippen molar-refractivity contribution in [3.63, 3.8) is 0 Å². The number of pyridine rings is 1. The summed E-state index contributed by atoms with van der Waals surface area (Å²) in [4.78, 5) is 3.54. The summed E-state index contributed by atoms with van der Waals surface area (Å²) in [6.45, 7) is 0.536. The fraction of sp³-hybridized carbons (Fsp3) is 0.214. The van der Waals surface area contributed by atoms with E-state index in [0.29, 0.717) is 17.7 Å². The highest BCUT2D eigenvalue weighted by Crippen LogP contribution is 2.16. The normalized spacial score (nSPS) is 11.5. The van der Waals surface area contributed by atoms with Crippen LogP contribution in [-0.2, 0) is 23.1 Å². The van der Waals surface area contributed by atoms with Crippen LogP contribution in [0.25, 0.3) is 0 Å². The van der Waals surface area contributed by atoms with Crippen molar-refractivity contribution in [1.29, 1.82) is 0 Å². The summed E-state index contributed by atoms with van der Waals surface area (Å²) in [5.41, 5.74) is 1.38. The molecule has 2 rings (SSSR count). The molecule has 0 aliphatic heterocycles. The lowest BCUT2D eigenvalue weighted by atomic mass is 10.2. The highest BCUT2D eigenvalue weighted by Gasteiger charge is 2.18. The molecule has 0 radical (unpaired) electrons. The highest BCUT2D eigenvalue weighted by atomic mass is 32.2. The van der Waals surface area contributed by atoms with Gasteiger partial charge in [0.1, 0.15) is 10.7 Å². The van der Waals surface area contributed by atoms with Crippen molar-refractivity contribution < 1.29 is 12.8 Å². The maximum Gasteiger partial charge on any atom is 0.243 e. The standard InChI is InChI=1S/C14H16FN3O2S/c1-16-8-11-4-5-14(13(15)7-11)21(19,20)18-10-12-3-2-6-17-9-12/h2-7,9,16,18H,8,10H2,1H3. The van der Waals surface area contributed by atoms with Crippen LogP contribution < -0.4 is 10.0 Å². The first kappa shape index (κ1) is 15.6. The Morgan fingerprint density at radius 1 is 1.19 bits per heavy atom. The van der Waals surface area contributed by atoms with E-state index in [-0.39, 0.29) is 11.4 Å². The number of nitrogens with zero attached hydrogens (tertiary/aromatic N) is 1. The molecule has 0 aliphatic carbocycles. The predicted octanol–water partition coefficient (Wildman–Crippen LogP) is 1.42. The van der Waals surface area contributed by atoms with Crippen LogP contribution in [0.3, 0.4) is 0 Å². The van der Waals surface area contributed by atoms with Crippen molar-refractivity contribution in [2.24, 2.45) is 0 Å². The van der Waals surface area contributed by atoms with Gasteiger partial charge in [-0.25, -0.2) is 17.5 Å². The number of hydrogen-bond acceptors (Lipinski definition) is 4. The Hall–Kier alpha value is -1.83. The quantitative estimate of drug-likeness (QED) is 0.846. The SMILES string of the molecule is CNCc1ccc(S(=O)(=O)NCc2cccnc2)c(F)c1. The number of rotatable bonds is 6. The van der Waals surface area contributed by atoms with Gasteiger partial charge in [-0.15, -0.1) is 0 Å². The number of halogens is 1. The molecule has 1 aromatic carbocycles. The summed E-state index contributed by atoms with van der Waals surface area (Å²) in [6.07, 6.45) is 3.15. The van der Waals surface area contributed by atoms with Gasteiger partial charge in [-0.2, -0.15) is 0 Å². The Kier molecular flexibility index (Phi) is 5.00. The van der Waals surface area contributed by atoms with E-state index in [1.165, 1.54) is 12.1 Å². The Labute approximate surface area is 123 Å². The predicted molar refractivity (Wildman–Crippen MR) is 77.4 cm³/mol. The van der Waals surface area contributed by atoms with Crippen molar-refractivity contribution in [2.75, 3.05) is 7.05 Å². The van der Waals surface area contributed by atoms with Crippen LogP contribution in [0, 0.1) is 5.82 Å². The lowest BCUT2D eigenvalue weighted by molar-refractivity contribution is 0.555. The molecule has 0 amide bonds. The van der Waals surface area contributed by atoms with Gasteiger partial charge < -0.3 is 5.32 Å². The number of benzene rings is 1. The molecule has 0 saturated carbocycles. The zero-order valence-corrected chi connectivity index (χ0v) is 12.3. The van der Waals surface area contributed by atoms with Gasteiger partial charge >= 0.3 is 0 Å². The molecular formula is C14H16FN3O2S. The van der Waals surface area contributed by atoms with Crippen LogP contribution in [-0.4, -0.2) is 20.4 Å². The fourth-order valence-corrected chi connectivity index (χ4v) is 2.91. The Morgan fingerprint density at radius 3 is 2.62 bits per heavy atom.